The van der Waals surface area contributed by atoms with E-state index in [1.54, 1.807) is 13.8 Å². The van der Waals surface area contributed by atoms with Gasteiger partial charge in [-0.3, -0.25) is 14.4 Å². The van der Waals surface area contributed by atoms with Crippen molar-refractivity contribution in [3.8, 4) is 0 Å². The first kappa shape index (κ1) is 19.2. The zero-order valence-electron chi connectivity index (χ0n) is 13.1. The van der Waals surface area contributed by atoms with Gasteiger partial charge in [0.15, 0.2) is 0 Å². The highest BCUT2D eigenvalue weighted by Gasteiger charge is 2.53. The van der Waals surface area contributed by atoms with Crippen molar-refractivity contribution in [1.82, 2.24) is 9.80 Å². The number of carbonyl (C=O) groups excluding carboxylic acids is 2. The third kappa shape index (κ3) is 4.84. The first-order chi connectivity index (χ1) is 10.6. The molecule has 1 aliphatic rings. The van der Waals surface area contributed by atoms with Gasteiger partial charge >= 0.3 is 12.1 Å². The van der Waals surface area contributed by atoms with Crippen molar-refractivity contribution in [1.29, 1.82) is 0 Å². The summed E-state index contributed by atoms with van der Waals surface area (Å²) in [4.78, 5) is 37.2. The van der Waals surface area contributed by atoms with Crippen LogP contribution in [0.5, 0.6) is 0 Å². The molecular weight excluding hydrogens is 317 g/mol. The van der Waals surface area contributed by atoms with E-state index < -0.39 is 43.0 Å². The van der Waals surface area contributed by atoms with E-state index in [1.165, 1.54) is 4.90 Å². The maximum atomic E-state index is 12.9. The molecule has 0 aromatic heterocycles. The van der Waals surface area contributed by atoms with Gasteiger partial charge in [0.2, 0.25) is 11.8 Å². The number of hydrogen-bond donors (Lipinski definition) is 1. The Morgan fingerprint density at radius 2 is 1.70 bits per heavy atom. The quantitative estimate of drug-likeness (QED) is 0.793. The lowest BCUT2D eigenvalue weighted by Crippen LogP contribution is -2.34. The van der Waals surface area contributed by atoms with Crippen molar-refractivity contribution < 1.29 is 32.7 Å². The smallest absolute Gasteiger partial charge is 0.394 e. The maximum Gasteiger partial charge on any atom is 0.394 e. The number of aliphatic carboxylic acids is 1. The van der Waals surface area contributed by atoms with Crippen molar-refractivity contribution in [3.63, 3.8) is 0 Å². The largest absolute Gasteiger partial charge is 0.481 e. The van der Waals surface area contributed by atoms with Crippen LogP contribution < -0.4 is 0 Å². The number of carboxylic acid groups (broad SMARTS) is 1. The van der Waals surface area contributed by atoms with Crippen molar-refractivity contribution in [3.05, 3.63) is 0 Å². The second-order valence-electron chi connectivity index (χ2n) is 5.46. The van der Waals surface area contributed by atoms with Crippen LogP contribution in [0, 0.1) is 11.8 Å². The van der Waals surface area contributed by atoms with E-state index in [0.29, 0.717) is 13.1 Å². The molecule has 0 aliphatic carbocycles. The normalized spacial score (nSPS) is 21.3. The first-order valence-electron chi connectivity index (χ1n) is 7.46. The Morgan fingerprint density at radius 3 is 2.09 bits per heavy atom. The minimum absolute atomic E-state index is 0.0918. The third-order valence-electron chi connectivity index (χ3n) is 4.08. The summed E-state index contributed by atoms with van der Waals surface area (Å²) in [6, 6.07) is 0. The lowest BCUT2D eigenvalue weighted by molar-refractivity contribution is -0.188. The Morgan fingerprint density at radius 1 is 1.13 bits per heavy atom. The van der Waals surface area contributed by atoms with Crippen LogP contribution in [0.4, 0.5) is 13.2 Å². The van der Waals surface area contributed by atoms with Crippen LogP contribution in [-0.4, -0.2) is 65.0 Å². The van der Waals surface area contributed by atoms with E-state index in [-0.39, 0.29) is 18.7 Å². The van der Waals surface area contributed by atoms with Gasteiger partial charge in [-0.25, -0.2) is 0 Å². The minimum atomic E-state index is -4.67. The summed E-state index contributed by atoms with van der Waals surface area (Å²) < 4.78 is 38.6. The van der Waals surface area contributed by atoms with E-state index in [9.17, 15) is 27.6 Å². The van der Waals surface area contributed by atoms with E-state index in [0.717, 1.165) is 4.90 Å². The average molecular weight is 338 g/mol. The summed E-state index contributed by atoms with van der Waals surface area (Å²) in [5.41, 5.74) is 0. The molecule has 0 aromatic carbocycles. The molecule has 1 fully saturated rings. The molecule has 0 radical (unpaired) electrons. The van der Waals surface area contributed by atoms with Gasteiger partial charge in [-0.15, -0.1) is 0 Å². The highest BCUT2D eigenvalue weighted by Crippen LogP contribution is 2.37. The Kier molecular flexibility index (Phi) is 6.40. The van der Waals surface area contributed by atoms with Gasteiger partial charge in [-0.05, 0) is 13.8 Å². The fraction of sp³-hybridized carbons (Fsp3) is 0.786. The van der Waals surface area contributed by atoms with Gasteiger partial charge in [0, 0.05) is 39.0 Å². The topological polar surface area (TPSA) is 77.9 Å². The molecule has 0 aromatic rings. The molecule has 1 rings (SSSR count). The second kappa shape index (κ2) is 7.65. The zero-order valence-corrected chi connectivity index (χ0v) is 13.1. The molecule has 0 unspecified atom stereocenters. The predicted molar refractivity (Wildman–Crippen MR) is 74.4 cm³/mol. The number of carbonyl (C=O) groups is 3. The van der Waals surface area contributed by atoms with Gasteiger partial charge in [0.05, 0.1) is 11.8 Å². The molecule has 0 bridgehead atoms. The van der Waals surface area contributed by atoms with Crippen molar-refractivity contribution in [2.24, 2.45) is 11.8 Å². The van der Waals surface area contributed by atoms with Crippen molar-refractivity contribution >= 4 is 17.8 Å². The Hall–Kier alpha value is -1.80. The number of alkyl halides is 3. The summed E-state index contributed by atoms with van der Waals surface area (Å²) in [7, 11) is 0. The van der Waals surface area contributed by atoms with Crippen molar-refractivity contribution in [2.75, 3.05) is 26.2 Å². The summed E-state index contributed by atoms with van der Waals surface area (Å²) in [6.07, 6.45) is -4.98. The molecule has 1 aliphatic heterocycles. The number of likely N-dealkylation sites (tertiary alicyclic amines) is 1. The highest BCUT2D eigenvalue weighted by atomic mass is 19.4. The monoisotopic (exact) mass is 338 g/mol. The predicted octanol–water partition coefficient (Wildman–Crippen LogP) is 1.36. The van der Waals surface area contributed by atoms with Gasteiger partial charge in [0.1, 0.15) is 0 Å². The molecular formula is C14H21F3N2O4. The van der Waals surface area contributed by atoms with Gasteiger partial charge in [-0.2, -0.15) is 13.2 Å². The molecule has 0 spiro atoms. The van der Waals surface area contributed by atoms with E-state index in [4.69, 9.17) is 5.11 Å². The molecule has 1 heterocycles. The van der Waals surface area contributed by atoms with Crippen LogP contribution in [-0.2, 0) is 14.4 Å². The number of hydrogen-bond acceptors (Lipinski definition) is 3. The van der Waals surface area contributed by atoms with Crippen LogP contribution in [0.1, 0.15) is 26.7 Å². The molecule has 1 saturated heterocycles. The van der Waals surface area contributed by atoms with Crippen LogP contribution in [0.3, 0.4) is 0 Å². The van der Waals surface area contributed by atoms with E-state index >= 15 is 0 Å². The summed E-state index contributed by atoms with van der Waals surface area (Å²) in [6.45, 7) is 3.41. The third-order valence-corrected chi connectivity index (χ3v) is 4.08. The second-order valence-corrected chi connectivity index (χ2v) is 5.46. The van der Waals surface area contributed by atoms with Crippen LogP contribution in [0.25, 0.3) is 0 Å². The van der Waals surface area contributed by atoms with Crippen LogP contribution in [0.2, 0.25) is 0 Å². The maximum absolute atomic E-state index is 12.9. The van der Waals surface area contributed by atoms with Gasteiger partial charge in [0.25, 0.3) is 0 Å². The Bertz CT molecular complexity index is 463. The first-order valence-corrected chi connectivity index (χ1v) is 7.46. The number of rotatable bonds is 6. The molecule has 9 heteroatoms. The van der Waals surface area contributed by atoms with E-state index in [2.05, 4.69) is 0 Å². The average Bonchev–Trinajstić information content (AvgIpc) is 2.91. The van der Waals surface area contributed by atoms with E-state index in [1.807, 2.05) is 0 Å². The lowest BCUT2D eigenvalue weighted by Gasteiger charge is -2.20. The van der Waals surface area contributed by atoms with Crippen LogP contribution in [0.15, 0.2) is 0 Å². The highest BCUT2D eigenvalue weighted by molar-refractivity contribution is 5.84. The fourth-order valence-electron chi connectivity index (χ4n) is 2.70. The molecule has 0 saturated carbocycles. The Balaban J connectivity index is 2.64. The van der Waals surface area contributed by atoms with Crippen molar-refractivity contribution in [2.45, 2.75) is 32.9 Å². The summed E-state index contributed by atoms with van der Waals surface area (Å²) in [5.74, 6) is -6.16. The number of carboxylic acids is 1. The summed E-state index contributed by atoms with van der Waals surface area (Å²) in [5, 5.41) is 8.90. The number of amides is 2. The number of halogens is 3. The molecule has 132 valence electrons. The minimum Gasteiger partial charge on any atom is -0.481 e. The zero-order chi connectivity index (χ0) is 17.8. The standard InChI is InChI=1S/C14H21F3N2O4/c1-3-18(4-2)11(20)5-6-12(21)19-7-9(13(22)23)10(8-19)14(15,16)17/h9-10H,3-8H2,1-2H3,(H,22,23)/t9-,10-/m1/s1. The molecule has 1 N–H and O–H groups in total. The summed E-state index contributed by atoms with van der Waals surface area (Å²) >= 11 is 0. The lowest BCUT2D eigenvalue weighted by atomic mass is 9.96. The molecule has 2 atom stereocenters. The number of nitrogens with zero attached hydrogens (tertiary/aromatic N) is 2. The van der Waals surface area contributed by atoms with Gasteiger partial charge < -0.3 is 14.9 Å². The molecule has 23 heavy (non-hydrogen) atoms. The molecule has 2 amide bonds. The Labute approximate surface area is 132 Å². The molecule has 6 nitrogen and oxygen atoms in total. The van der Waals surface area contributed by atoms with Gasteiger partial charge in [-0.1, -0.05) is 0 Å². The fourth-order valence-corrected chi connectivity index (χ4v) is 2.70. The van der Waals surface area contributed by atoms with Crippen LogP contribution >= 0.6 is 0 Å². The SMILES string of the molecule is CCN(CC)C(=O)CCC(=O)N1C[C@@H](C(F)(F)F)[C@H](C(=O)O)C1.